The Morgan fingerprint density at radius 1 is 1.15 bits per heavy atom. The first-order valence-corrected chi connectivity index (χ1v) is 11.5. The Bertz CT molecular complexity index is 1230. The molecule has 0 aliphatic carbocycles. The number of carbonyl (C=O) groups is 2. The molecule has 1 N–H and O–H groups in total. The summed E-state index contributed by atoms with van der Waals surface area (Å²) in [5, 5.41) is 12.0. The van der Waals surface area contributed by atoms with E-state index in [2.05, 4.69) is 6.92 Å². The summed E-state index contributed by atoms with van der Waals surface area (Å²) < 4.78 is 11.4. The molecule has 1 aliphatic heterocycles. The van der Waals surface area contributed by atoms with Gasteiger partial charge in [0.1, 0.15) is 11.3 Å². The number of aliphatic hydroxyl groups excluding tert-OH is 1. The molecule has 3 aromatic rings. The third-order valence-corrected chi connectivity index (χ3v) is 5.97. The van der Waals surface area contributed by atoms with Crippen LogP contribution in [0.2, 0.25) is 5.02 Å². The molecule has 0 bridgehead atoms. The molecule has 0 fully saturated rings. The topological polar surface area (TPSA) is 80.0 Å². The van der Waals surface area contributed by atoms with Crippen LogP contribution in [0.25, 0.3) is 11.0 Å². The second kappa shape index (κ2) is 9.71. The molecule has 0 radical (unpaired) electrons. The van der Waals surface area contributed by atoms with Gasteiger partial charge >= 0.3 is 0 Å². The second-order valence-corrected chi connectivity index (χ2v) is 8.43. The van der Waals surface area contributed by atoms with Gasteiger partial charge in [-0.3, -0.25) is 9.59 Å². The summed E-state index contributed by atoms with van der Waals surface area (Å²) in [6.45, 7) is 4.87. The maximum absolute atomic E-state index is 13.6. The van der Waals surface area contributed by atoms with Crippen LogP contribution in [0.5, 0.6) is 5.75 Å². The van der Waals surface area contributed by atoms with Crippen molar-refractivity contribution >= 4 is 34.3 Å². The fourth-order valence-electron chi connectivity index (χ4n) is 4.19. The van der Waals surface area contributed by atoms with Crippen molar-refractivity contribution in [3.63, 3.8) is 0 Å². The Kier molecular flexibility index (Phi) is 6.75. The van der Waals surface area contributed by atoms with Gasteiger partial charge in [-0.15, -0.1) is 0 Å². The zero-order valence-electron chi connectivity index (χ0n) is 18.6. The van der Waals surface area contributed by atoms with E-state index < -0.39 is 23.5 Å². The summed E-state index contributed by atoms with van der Waals surface area (Å²) >= 11 is 6.06. The lowest BCUT2D eigenvalue weighted by Gasteiger charge is -2.27. The van der Waals surface area contributed by atoms with Gasteiger partial charge in [0.2, 0.25) is 5.78 Å². The predicted octanol–water partition coefficient (Wildman–Crippen LogP) is 6.25. The maximum atomic E-state index is 13.6. The molecule has 33 heavy (non-hydrogen) atoms. The summed E-state index contributed by atoms with van der Waals surface area (Å²) in [6, 6.07) is 13.2. The number of Topliss-reactive ketones (excluding diaryl/α,β-unsaturated/α-hetero) is 1. The monoisotopic (exact) mass is 467 g/mol. The third kappa shape index (κ3) is 4.48. The van der Waals surface area contributed by atoms with E-state index in [1.165, 1.54) is 0 Å². The molecular weight excluding hydrogens is 442 g/mol. The number of rotatable bonds is 9. The number of ether oxygens (including phenoxy) is 1. The van der Waals surface area contributed by atoms with Crippen LogP contribution in [-0.4, -0.2) is 34.8 Å². The highest BCUT2D eigenvalue weighted by molar-refractivity contribution is 6.31. The summed E-state index contributed by atoms with van der Waals surface area (Å²) in [7, 11) is 0. The number of halogens is 1. The van der Waals surface area contributed by atoms with Crippen molar-refractivity contribution in [2.75, 3.05) is 13.2 Å². The van der Waals surface area contributed by atoms with Gasteiger partial charge in [0.15, 0.2) is 11.5 Å². The minimum atomic E-state index is -0.737. The van der Waals surface area contributed by atoms with Gasteiger partial charge in [-0.2, -0.15) is 0 Å². The molecule has 4 rings (SSSR count). The molecule has 2 heterocycles. The molecule has 1 aliphatic rings. The molecular formula is C26H26ClNO5. The van der Waals surface area contributed by atoms with Gasteiger partial charge < -0.3 is 19.2 Å². The molecule has 1 amide bonds. The quantitative estimate of drug-likeness (QED) is 0.297. The van der Waals surface area contributed by atoms with Crippen LogP contribution in [0.1, 0.15) is 55.3 Å². The lowest BCUT2D eigenvalue weighted by Crippen LogP contribution is -2.32. The number of hydrogen-bond donors (Lipinski definition) is 1. The summed E-state index contributed by atoms with van der Waals surface area (Å²) in [5.74, 6) is -0.948. The summed E-state index contributed by atoms with van der Waals surface area (Å²) in [5.41, 5.74) is 1.20. The highest BCUT2D eigenvalue weighted by Crippen LogP contribution is 2.40. The highest BCUT2D eigenvalue weighted by atomic mass is 35.5. The van der Waals surface area contributed by atoms with Crippen molar-refractivity contribution in [2.24, 2.45) is 0 Å². The van der Waals surface area contributed by atoms with Crippen LogP contribution < -0.4 is 4.74 Å². The van der Waals surface area contributed by atoms with E-state index in [-0.39, 0.29) is 11.3 Å². The molecule has 1 unspecified atom stereocenters. The van der Waals surface area contributed by atoms with Crippen LogP contribution in [0.4, 0.5) is 0 Å². The second-order valence-electron chi connectivity index (χ2n) is 8.00. The van der Waals surface area contributed by atoms with Crippen LogP contribution in [0.3, 0.4) is 0 Å². The Balaban J connectivity index is 1.77. The number of ketones is 1. The normalized spacial score (nSPS) is 16.2. The average Bonchev–Trinajstić information content (AvgIpc) is 3.33. The number of fused-ring (bicyclic) bond motifs is 1. The Morgan fingerprint density at radius 2 is 1.97 bits per heavy atom. The van der Waals surface area contributed by atoms with Crippen LogP contribution in [0, 0.1) is 0 Å². The zero-order valence-corrected chi connectivity index (χ0v) is 19.4. The minimum Gasteiger partial charge on any atom is -0.503 e. The van der Waals surface area contributed by atoms with Crippen LogP contribution in [-0.2, 0) is 4.79 Å². The molecule has 1 aromatic heterocycles. The number of amides is 1. The van der Waals surface area contributed by atoms with Crippen molar-refractivity contribution in [2.45, 2.75) is 39.2 Å². The van der Waals surface area contributed by atoms with Crippen LogP contribution in [0.15, 0.2) is 64.3 Å². The van der Waals surface area contributed by atoms with Crippen molar-refractivity contribution in [3.8, 4) is 5.75 Å². The SMILES string of the molecule is CCCCCN1C(=O)C(O)=C(C(=O)c2cc3cc(Cl)ccc3o2)C1c1cccc(OCC)c1. The first kappa shape index (κ1) is 22.9. The third-order valence-electron chi connectivity index (χ3n) is 5.74. The molecule has 7 heteroatoms. The van der Waals surface area contributed by atoms with E-state index in [0.29, 0.717) is 40.5 Å². The molecule has 172 valence electrons. The van der Waals surface area contributed by atoms with Gasteiger partial charge in [-0.25, -0.2) is 0 Å². The summed E-state index contributed by atoms with van der Waals surface area (Å²) in [6.07, 6.45) is 2.69. The number of furan rings is 1. The smallest absolute Gasteiger partial charge is 0.290 e. The highest BCUT2D eigenvalue weighted by Gasteiger charge is 2.44. The first-order chi connectivity index (χ1) is 15.9. The van der Waals surface area contributed by atoms with E-state index in [0.717, 1.165) is 19.3 Å². The number of hydrogen-bond acceptors (Lipinski definition) is 5. The summed E-state index contributed by atoms with van der Waals surface area (Å²) in [4.78, 5) is 28.2. The van der Waals surface area contributed by atoms with Gasteiger partial charge in [0.25, 0.3) is 5.91 Å². The Hall–Kier alpha value is -3.25. The first-order valence-electron chi connectivity index (χ1n) is 11.1. The van der Waals surface area contributed by atoms with Crippen molar-refractivity contribution in [1.82, 2.24) is 4.90 Å². The number of unbranched alkanes of at least 4 members (excludes halogenated alkanes) is 2. The number of carbonyl (C=O) groups excluding carboxylic acids is 2. The predicted molar refractivity (Wildman–Crippen MR) is 127 cm³/mol. The van der Waals surface area contributed by atoms with Crippen LogP contribution >= 0.6 is 11.6 Å². The van der Waals surface area contributed by atoms with Crippen molar-refractivity contribution in [3.05, 3.63) is 76.2 Å². The lowest BCUT2D eigenvalue weighted by molar-refractivity contribution is -0.129. The number of nitrogens with zero attached hydrogens (tertiary/aromatic N) is 1. The van der Waals surface area contributed by atoms with Gasteiger partial charge in [0, 0.05) is 17.0 Å². The molecule has 0 saturated heterocycles. The largest absolute Gasteiger partial charge is 0.503 e. The average molecular weight is 468 g/mol. The Labute approximate surface area is 197 Å². The lowest BCUT2D eigenvalue weighted by atomic mass is 9.94. The fraction of sp³-hybridized carbons (Fsp3) is 0.308. The molecule has 0 spiro atoms. The van der Waals surface area contributed by atoms with Gasteiger partial charge in [0.05, 0.1) is 18.2 Å². The number of benzene rings is 2. The molecule has 0 saturated carbocycles. The fourth-order valence-corrected chi connectivity index (χ4v) is 4.38. The van der Waals surface area contributed by atoms with Crippen molar-refractivity contribution in [1.29, 1.82) is 0 Å². The Morgan fingerprint density at radius 3 is 2.73 bits per heavy atom. The molecule has 2 aromatic carbocycles. The van der Waals surface area contributed by atoms with E-state index in [1.54, 1.807) is 35.2 Å². The molecule has 1 atom stereocenters. The maximum Gasteiger partial charge on any atom is 0.290 e. The number of aliphatic hydroxyl groups is 1. The molecule has 6 nitrogen and oxygen atoms in total. The van der Waals surface area contributed by atoms with E-state index in [4.69, 9.17) is 20.8 Å². The van der Waals surface area contributed by atoms with E-state index in [1.807, 2.05) is 25.1 Å². The standard InChI is InChI=1S/C26H26ClNO5/c1-3-5-6-12-28-23(16-8-7-9-19(14-16)32-4-2)22(25(30)26(28)31)24(29)21-15-17-13-18(27)10-11-20(17)33-21/h7-11,13-15,23,30H,3-6,12H2,1-2H3. The van der Waals surface area contributed by atoms with Gasteiger partial charge in [-0.1, -0.05) is 43.5 Å². The van der Waals surface area contributed by atoms with E-state index in [9.17, 15) is 14.7 Å². The van der Waals surface area contributed by atoms with Gasteiger partial charge in [-0.05, 0) is 55.3 Å². The zero-order chi connectivity index (χ0) is 23.5. The van der Waals surface area contributed by atoms with E-state index >= 15 is 0 Å². The minimum absolute atomic E-state index is 0.00954. The van der Waals surface area contributed by atoms with Crippen molar-refractivity contribution < 1.29 is 23.8 Å².